The van der Waals surface area contributed by atoms with Crippen molar-refractivity contribution in [2.45, 2.75) is 20.8 Å². The monoisotopic (exact) mass is 340 g/mol. The van der Waals surface area contributed by atoms with Crippen molar-refractivity contribution >= 4 is 29.3 Å². The molecule has 5 heteroatoms. The van der Waals surface area contributed by atoms with Gasteiger partial charge in [0.2, 0.25) is 0 Å². The van der Waals surface area contributed by atoms with Crippen molar-refractivity contribution in [3.8, 4) is 11.8 Å². The first-order valence-corrected chi connectivity index (χ1v) is 7.69. The van der Waals surface area contributed by atoms with E-state index in [1.807, 2.05) is 6.07 Å². The second-order valence-corrected chi connectivity index (χ2v) is 5.95. The average Bonchev–Trinajstić information content (AvgIpc) is 2.54. The molecule has 122 valence electrons. The van der Waals surface area contributed by atoms with Crippen LogP contribution in [0.5, 0.6) is 5.75 Å². The molecule has 0 aliphatic carbocycles. The van der Waals surface area contributed by atoms with E-state index in [1.165, 1.54) is 6.08 Å². The van der Waals surface area contributed by atoms with Crippen molar-refractivity contribution in [2.24, 2.45) is 0 Å². The number of halogens is 1. The SMILES string of the molecule is Cc1cc(/C=C(\C#N)C(=O)Nc2cccc(Cl)c2C)cc(C)c1O. The second-order valence-electron chi connectivity index (χ2n) is 5.54. The van der Waals surface area contributed by atoms with E-state index in [0.29, 0.717) is 27.4 Å². The highest BCUT2D eigenvalue weighted by Crippen LogP contribution is 2.25. The van der Waals surface area contributed by atoms with Crippen LogP contribution in [-0.2, 0) is 4.79 Å². The summed E-state index contributed by atoms with van der Waals surface area (Å²) in [7, 11) is 0. The van der Waals surface area contributed by atoms with Gasteiger partial charge >= 0.3 is 0 Å². The predicted molar refractivity (Wildman–Crippen MR) is 96.0 cm³/mol. The number of hydrogen-bond donors (Lipinski definition) is 2. The molecule has 1 amide bonds. The number of aryl methyl sites for hydroxylation is 2. The standard InChI is InChI=1S/C19H17ClN2O2/c1-11-7-14(8-12(2)18(11)23)9-15(10-21)19(24)22-17-6-4-5-16(20)13(17)3/h4-9,23H,1-3H3,(H,22,24)/b15-9+. The van der Waals surface area contributed by atoms with Crippen LogP contribution >= 0.6 is 11.6 Å². The van der Waals surface area contributed by atoms with Gasteiger partial charge in [0, 0.05) is 10.7 Å². The van der Waals surface area contributed by atoms with Crippen LogP contribution in [-0.4, -0.2) is 11.0 Å². The normalized spacial score (nSPS) is 11.0. The second kappa shape index (κ2) is 7.20. The van der Waals surface area contributed by atoms with Crippen LogP contribution in [0, 0.1) is 32.1 Å². The Morgan fingerprint density at radius 3 is 2.46 bits per heavy atom. The van der Waals surface area contributed by atoms with Gasteiger partial charge in [0.15, 0.2) is 0 Å². The smallest absolute Gasteiger partial charge is 0.266 e. The topological polar surface area (TPSA) is 73.1 Å². The molecule has 0 heterocycles. The summed E-state index contributed by atoms with van der Waals surface area (Å²) < 4.78 is 0. The summed E-state index contributed by atoms with van der Waals surface area (Å²) in [5, 5.41) is 22.3. The van der Waals surface area contributed by atoms with Gasteiger partial charge in [-0.05, 0) is 73.4 Å². The lowest BCUT2D eigenvalue weighted by Gasteiger charge is -2.09. The van der Waals surface area contributed by atoms with Crippen molar-refractivity contribution in [1.29, 1.82) is 5.26 Å². The summed E-state index contributed by atoms with van der Waals surface area (Å²) in [5.74, 6) is -0.295. The van der Waals surface area contributed by atoms with E-state index in [0.717, 1.165) is 5.56 Å². The molecule has 0 saturated heterocycles. The van der Waals surface area contributed by atoms with E-state index in [9.17, 15) is 15.2 Å². The quantitative estimate of drug-likeness (QED) is 0.637. The number of rotatable bonds is 3. The lowest BCUT2D eigenvalue weighted by Crippen LogP contribution is -2.14. The number of nitrogens with zero attached hydrogens (tertiary/aromatic N) is 1. The number of amides is 1. The fourth-order valence-electron chi connectivity index (χ4n) is 2.32. The van der Waals surface area contributed by atoms with E-state index >= 15 is 0 Å². The summed E-state index contributed by atoms with van der Waals surface area (Å²) in [6, 6.07) is 10.5. The molecule has 2 aromatic carbocycles. The van der Waals surface area contributed by atoms with E-state index in [2.05, 4.69) is 5.32 Å². The number of phenolic OH excluding ortho intramolecular Hbond substituents is 1. The fourth-order valence-corrected chi connectivity index (χ4v) is 2.50. The van der Waals surface area contributed by atoms with Gasteiger partial charge in [-0.1, -0.05) is 17.7 Å². The van der Waals surface area contributed by atoms with Crippen LogP contribution < -0.4 is 5.32 Å². The van der Waals surface area contributed by atoms with E-state index in [4.69, 9.17) is 11.6 Å². The zero-order chi connectivity index (χ0) is 17.9. The maximum absolute atomic E-state index is 12.4. The summed E-state index contributed by atoms with van der Waals surface area (Å²) in [6.45, 7) is 5.32. The van der Waals surface area contributed by atoms with Crippen LogP contribution in [0.25, 0.3) is 6.08 Å². The summed E-state index contributed by atoms with van der Waals surface area (Å²) in [5.41, 5.74) is 3.32. The molecular formula is C19H17ClN2O2. The number of carbonyl (C=O) groups is 1. The van der Waals surface area contributed by atoms with E-state index < -0.39 is 5.91 Å². The summed E-state index contributed by atoms with van der Waals surface area (Å²) >= 11 is 6.04. The largest absolute Gasteiger partial charge is 0.507 e. The van der Waals surface area contributed by atoms with Gasteiger partial charge in [-0.3, -0.25) is 4.79 Å². The average molecular weight is 341 g/mol. The van der Waals surface area contributed by atoms with Crippen LogP contribution in [0.4, 0.5) is 5.69 Å². The van der Waals surface area contributed by atoms with Crippen LogP contribution in [0.2, 0.25) is 5.02 Å². The van der Waals surface area contributed by atoms with Crippen LogP contribution in [0.15, 0.2) is 35.9 Å². The Kier molecular flexibility index (Phi) is 5.28. The van der Waals surface area contributed by atoms with Crippen molar-refractivity contribution in [3.63, 3.8) is 0 Å². The Bertz CT molecular complexity index is 856. The Morgan fingerprint density at radius 1 is 1.25 bits per heavy atom. The molecule has 0 saturated carbocycles. The molecule has 0 atom stereocenters. The highest BCUT2D eigenvalue weighted by atomic mass is 35.5. The first kappa shape index (κ1) is 17.6. The van der Waals surface area contributed by atoms with Gasteiger partial charge in [-0.25, -0.2) is 0 Å². The third-order valence-electron chi connectivity index (χ3n) is 3.71. The summed E-state index contributed by atoms with van der Waals surface area (Å²) in [6.07, 6.45) is 1.49. The van der Waals surface area contributed by atoms with Gasteiger partial charge in [0.25, 0.3) is 5.91 Å². The molecule has 24 heavy (non-hydrogen) atoms. The molecule has 0 aliphatic rings. The van der Waals surface area contributed by atoms with Gasteiger partial charge in [0.05, 0.1) is 0 Å². The molecule has 0 aromatic heterocycles. The highest BCUT2D eigenvalue weighted by Gasteiger charge is 2.12. The van der Waals surface area contributed by atoms with Gasteiger partial charge in [-0.15, -0.1) is 0 Å². The molecule has 2 rings (SSSR count). The lowest BCUT2D eigenvalue weighted by molar-refractivity contribution is -0.112. The Labute approximate surface area is 146 Å². The van der Waals surface area contributed by atoms with Crippen molar-refractivity contribution in [1.82, 2.24) is 0 Å². The number of nitriles is 1. The Hall–Kier alpha value is -2.77. The van der Waals surface area contributed by atoms with Crippen molar-refractivity contribution in [3.05, 3.63) is 63.2 Å². The molecule has 4 nitrogen and oxygen atoms in total. The number of phenols is 1. The molecular weight excluding hydrogens is 324 g/mol. The number of nitrogens with one attached hydrogen (secondary N) is 1. The molecule has 0 unspecified atom stereocenters. The van der Waals surface area contributed by atoms with Gasteiger partial charge in [-0.2, -0.15) is 5.26 Å². The molecule has 0 radical (unpaired) electrons. The minimum atomic E-state index is -0.508. The Balaban J connectivity index is 2.33. The van der Waals surface area contributed by atoms with E-state index in [1.54, 1.807) is 51.1 Å². The molecule has 2 N–H and O–H groups in total. The minimum absolute atomic E-state index is 0.0288. The fraction of sp³-hybridized carbons (Fsp3) is 0.158. The molecule has 0 bridgehead atoms. The molecule has 0 aliphatic heterocycles. The van der Waals surface area contributed by atoms with Crippen LogP contribution in [0.1, 0.15) is 22.3 Å². The predicted octanol–water partition coefficient (Wildman–Crippen LogP) is 4.52. The number of anilines is 1. The third kappa shape index (κ3) is 3.76. The van der Waals surface area contributed by atoms with Crippen molar-refractivity contribution in [2.75, 3.05) is 5.32 Å². The maximum Gasteiger partial charge on any atom is 0.266 e. The third-order valence-corrected chi connectivity index (χ3v) is 4.11. The van der Waals surface area contributed by atoms with E-state index in [-0.39, 0.29) is 11.3 Å². The Morgan fingerprint density at radius 2 is 1.88 bits per heavy atom. The minimum Gasteiger partial charge on any atom is -0.507 e. The molecule has 2 aromatic rings. The van der Waals surface area contributed by atoms with Crippen molar-refractivity contribution < 1.29 is 9.90 Å². The first-order chi connectivity index (χ1) is 11.3. The lowest BCUT2D eigenvalue weighted by atomic mass is 10.0. The molecule has 0 spiro atoms. The maximum atomic E-state index is 12.4. The number of hydrogen-bond acceptors (Lipinski definition) is 3. The zero-order valence-corrected chi connectivity index (χ0v) is 14.4. The van der Waals surface area contributed by atoms with Crippen LogP contribution in [0.3, 0.4) is 0 Å². The highest BCUT2D eigenvalue weighted by molar-refractivity contribution is 6.31. The number of carbonyl (C=O) groups excluding carboxylic acids is 1. The number of aromatic hydroxyl groups is 1. The van der Waals surface area contributed by atoms with Gasteiger partial charge < -0.3 is 10.4 Å². The van der Waals surface area contributed by atoms with Gasteiger partial charge in [0.1, 0.15) is 17.4 Å². The zero-order valence-electron chi connectivity index (χ0n) is 13.6. The number of benzene rings is 2. The summed E-state index contributed by atoms with van der Waals surface area (Å²) in [4.78, 5) is 12.4. The molecule has 0 fully saturated rings. The first-order valence-electron chi connectivity index (χ1n) is 7.32.